The van der Waals surface area contributed by atoms with Gasteiger partial charge in [0, 0.05) is 21.8 Å². The van der Waals surface area contributed by atoms with Crippen LogP contribution in [0.5, 0.6) is 5.75 Å². The molecule has 174 valence electrons. The quantitative estimate of drug-likeness (QED) is 0.510. The van der Waals surface area contributed by atoms with Crippen molar-refractivity contribution in [2.24, 2.45) is 0 Å². The number of ether oxygens (including phenoxy) is 2. The van der Waals surface area contributed by atoms with Gasteiger partial charge in [0.1, 0.15) is 18.0 Å². The van der Waals surface area contributed by atoms with Crippen LogP contribution in [0.3, 0.4) is 0 Å². The zero-order chi connectivity index (χ0) is 23.5. The first-order valence-corrected chi connectivity index (χ1v) is 12.8. The molecule has 3 heterocycles. The third-order valence-electron chi connectivity index (χ3n) is 6.45. The second kappa shape index (κ2) is 7.73. The van der Waals surface area contributed by atoms with E-state index >= 15 is 0 Å². The number of benzene rings is 1. The summed E-state index contributed by atoms with van der Waals surface area (Å²) < 4.78 is 24.1. The number of cyclic esters (lactones) is 1. The minimum absolute atomic E-state index is 0.157. The predicted octanol–water partition coefficient (Wildman–Crippen LogP) is 4.72. The normalized spacial score (nSPS) is 25.4. The maximum atomic E-state index is 12.9. The summed E-state index contributed by atoms with van der Waals surface area (Å²) in [6.45, 7) is 12.8. The molecule has 0 radical (unpaired) electrons. The lowest BCUT2D eigenvalue weighted by atomic mass is 9.99. The van der Waals surface area contributed by atoms with Crippen molar-refractivity contribution < 1.29 is 28.2 Å². The Kier molecular flexibility index (Phi) is 5.56. The number of rotatable bonds is 3. The van der Waals surface area contributed by atoms with Gasteiger partial charge < -0.3 is 28.4 Å². The average Bonchev–Trinajstić information content (AvgIpc) is 3.28. The molecule has 0 unspecified atom stereocenters. The highest BCUT2D eigenvalue weighted by Crippen LogP contribution is 2.55. The lowest BCUT2D eigenvalue weighted by molar-refractivity contribution is -0.120. The highest BCUT2D eigenvalue weighted by Gasteiger charge is 2.63. The van der Waals surface area contributed by atoms with Crippen molar-refractivity contribution in [3.63, 3.8) is 0 Å². The molecule has 2 N–H and O–H groups in total. The van der Waals surface area contributed by atoms with Gasteiger partial charge in [-0.2, -0.15) is 0 Å². The number of aromatic amines is 1. The lowest BCUT2D eigenvalue weighted by Gasteiger charge is -2.54. The minimum atomic E-state index is -2.84. The number of aromatic nitrogens is 1. The van der Waals surface area contributed by atoms with Crippen molar-refractivity contribution >= 4 is 14.5 Å². The summed E-state index contributed by atoms with van der Waals surface area (Å²) in [7, 11) is -1.23. The van der Waals surface area contributed by atoms with Crippen molar-refractivity contribution in [1.29, 1.82) is 0 Å². The Balaban J connectivity index is 1.71. The number of aliphatic hydroxyl groups excluding tert-OH is 1. The Morgan fingerprint density at radius 3 is 2.28 bits per heavy atom. The van der Waals surface area contributed by atoms with Crippen LogP contribution in [0.2, 0.25) is 10.1 Å². The van der Waals surface area contributed by atoms with Crippen LogP contribution >= 0.6 is 0 Å². The van der Waals surface area contributed by atoms with Gasteiger partial charge >= 0.3 is 14.5 Å². The number of H-pyrrole nitrogens is 1. The second-order valence-corrected chi connectivity index (χ2v) is 15.4. The molecule has 4 rings (SSSR count). The lowest BCUT2D eigenvalue weighted by Crippen LogP contribution is -2.65. The van der Waals surface area contributed by atoms with Crippen LogP contribution in [0, 0.1) is 0 Å². The van der Waals surface area contributed by atoms with E-state index in [9.17, 15) is 9.90 Å². The molecule has 2 aliphatic heterocycles. The molecular weight excluding hydrogens is 426 g/mol. The summed E-state index contributed by atoms with van der Waals surface area (Å²) >= 11 is 0. The third-order valence-corrected chi connectivity index (χ3v) is 11.6. The highest BCUT2D eigenvalue weighted by molar-refractivity contribution is 6.73. The topological polar surface area (TPSA) is 90.0 Å². The predicted molar refractivity (Wildman–Crippen MR) is 123 cm³/mol. The first-order chi connectivity index (χ1) is 14.9. The number of carbonyl (C=O) groups is 1. The maximum Gasteiger partial charge on any atom is 0.349 e. The van der Waals surface area contributed by atoms with Crippen LogP contribution in [0.25, 0.3) is 11.3 Å². The van der Waals surface area contributed by atoms with Gasteiger partial charge in [0.25, 0.3) is 0 Å². The number of aliphatic hydroxyl groups is 1. The van der Waals surface area contributed by atoms with Gasteiger partial charge in [-0.1, -0.05) is 41.5 Å². The zero-order valence-electron chi connectivity index (χ0n) is 19.8. The summed E-state index contributed by atoms with van der Waals surface area (Å²) in [6, 6.07) is 7.47. The van der Waals surface area contributed by atoms with Gasteiger partial charge in [0.2, 0.25) is 0 Å². The molecule has 0 spiro atoms. The van der Waals surface area contributed by atoms with Crippen LogP contribution in [0.1, 0.15) is 63.6 Å². The van der Waals surface area contributed by atoms with Gasteiger partial charge in [0.15, 0.2) is 6.10 Å². The van der Waals surface area contributed by atoms with E-state index in [-0.39, 0.29) is 16.7 Å². The maximum absolute atomic E-state index is 12.9. The molecule has 0 amide bonds. The first-order valence-electron chi connectivity index (χ1n) is 11.0. The number of methoxy groups -OCH3 is 1. The zero-order valence-corrected chi connectivity index (χ0v) is 20.8. The van der Waals surface area contributed by atoms with E-state index in [1.165, 1.54) is 0 Å². The number of esters is 1. The largest absolute Gasteiger partial charge is 0.497 e. The molecule has 3 atom stereocenters. The molecule has 1 aromatic heterocycles. The van der Waals surface area contributed by atoms with E-state index < -0.39 is 32.8 Å². The van der Waals surface area contributed by atoms with Crippen LogP contribution in [0.15, 0.2) is 30.5 Å². The molecular formula is C24H33NO6Si. The van der Waals surface area contributed by atoms with Crippen molar-refractivity contribution in [1.82, 2.24) is 4.98 Å². The van der Waals surface area contributed by atoms with E-state index in [2.05, 4.69) is 46.5 Å². The molecule has 1 aromatic carbocycles. The number of nitrogens with one attached hydrogen (secondary N) is 1. The van der Waals surface area contributed by atoms with Gasteiger partial charge in [-0.05, 0) is 29.8 Å². The van der Waals surface area contributed by atoms with E-state index in [0.717, 1.165) is 11.3 Å². The molecule has 7 nitrogen and oxygen atoms in total. The van der Waals surface area contributed by atoms with Gasteiger partial charge in [-0.25, -0.2) is 4.79 Å². The van der Waals surface area contributed by atoms with Crippen LogP contribution in [-0.4, -0.2) is 50.5 Å². The van der Waals surface area contributed by atoms with E-state index in [0.29, 0.717) is 16.8 Å². The monoisotopic (exact) mass is 459 g/mol. The standard InChI is InChI=1S/C24H33NO6Si/c1-23(2,3)32(24(4,5)6)29-13-17(26)21(31-32)20-16-12-25-19(18(16)22(27)30-20)14-8-10-15(28-7)11-9-14/h8-12,17,20-21,25-26H,13H2,1-7H3/t17-,20-,21-/m1/s1. The first kappa shape index (κ1) is 23.0. The number of hydrogen-bond acceptors (Lipinski definition) is 6. The van der Waals surface area contributed by atoms with Crippen LogP contribution in [0.4, 0.5) is 0 Å². The van der Waals surface area contributed by atoms with E-state index in [1.807, 2.05) is 24.3 Å². The Morgan fingerprint density at radius 1 is 1.09 bits per heavy atom. The molecule has 2 aliphatic rings. The molecule has 0 bridgehead atoms. The molecule has 2 aromatic rings. The van der Waals surface area contributed by atoms with Gasteiger partial charge in [-0.15, -0.1) is 0 Å². The van der Waals surface area contributed by atoms with Gasteiger partial charge in [0.05, 0.1) is 25.0 Å². The molecule has 1 saturated heterocycles. The van der Waals surface area contributed by atoms with Crippen molar-refractivity contribution in [2.45, 2.75) is 69.9 Å². The summed E-state index contributed by atoms with van der Waals surface area (Å²) in [5.41, 5.74) is 2.73. The number of hydrogen-bond donors (Lipinski definition) is 2. The molecule has 0 saturated carbocycles. The second-order valence-electron chi connectivity index (χ2n) is 10.6. The fourth-order valence-electron chi connectivity index (χ4n) is 5.13. The van der Waals surface area contributed by atoms with E-state index in [1.54, 1.807) is 13.3 Å². The summed E-state index contributed by atoms with van der Waals surface area (Å²) in [4.78, 5) is 16.2. The molecule has 32 heavy (non-hydrogen) atoms. The fourth-order valence-corrected chi connectivity index (χ4v) is 10.1. The van der Waals surface area contributed by atoms with Crippen LogP contribution < -0.4 is 4.74 Å². The molecule has 1 fully saturated rings. The average molecular weight is 460 g/mol. The third kappa shape index (κ3) is 3.49. The summed E-state index contributed by atoms with van der Waals surface area (Å²) in [5.74, 6) is 0.319. The van der Waals surface area contributed by atoms with E-state index in [4.69, 9.17) is 18.3 Å². The number of carbonyl (C=O) groups excluding carboxylic acids is 1. The Hall–Kier alpha value is -2.13. The van der Waals surface area contributed by atoms with Crippen molar-refractivity contribution in [3.8, 4) is 17.0 Å². The SMILES string of the molecule is COc1ccc(-c2[nH]cc3c2C(=O)O[C@H]3[C@@H]2O[Si](C(C)(C)C)(C(C)(C)C)OC[C@H]2O)cc1. The smallest absolute Gasteiger partial charge is 0.349 e. The van der Waals surface area contributed by atoms with Crippen molar-refractivity contribution in [3.05, 3.63) is 41.6 Å². The number of fused-ring (bicyclic) bond motifs is 1. The minimum Gasteiger partial charge on any atom is -0.497 e. The summed E-state index contributed by atoms with van der Waals surface area (Å²) in [6.07, 6.45) is -0.508. The fraction of sp³-hybridized carbons (Fsp3) is 0.542. The Morgan fingerprint density at radius 2 is 1.72 bits per heavy atom. The van der Waals surface area contributed by atoms with Crippen molar-refractivity contribution in [2.75, 3.05) is 13.7 Å². The van der Waals surface area contributed by atoms with Gasteiger partial charge in [-0.3, -0.25) is 0 Å². The molecule has 8 heteroatoms. The Labute approximate surface area is 190 Å². The Bertz CT molecular complexity index is 987. The highest BCUT2D eigenvalue weighted by atomic mass is 28.4. The molecule has 0 aliphatic carbocycles. The van der Waals surface area contributed by atoms with Crippen LogP contribution in [-0.2, 0) is 13.6 Å². The summed E-state index contributed by atoms with van der Waals surface area (Å²) in [5, 5.41) is 10.3.